The molecule has 19 heteroatoms. The van der Waals surface area contributed by atoms with E-state index in [0.29, 0.717) is 81.4 Å². The Hall–Kier alpha value is -4.35. The van der Waals surface area contributed by atoms with Crippen molar-refractivity contribution in [3.8, 4) is 11.5 Å². The van der Waals surface area contributed by atoms with Crippen molar-refractivity contribution in [1.29, 1.82) is 0 Å². The highest BCUT2D eigenvalue weighted by atomic mass is 35.5. The van der Waals surface area contributed by atoms with Crippen molar-refractivity contribution in [2.75, 3.05) is 99.7 Å². The standard InChI is InChI=1S/2C24H36ClN7O.ClH/c2*1-31-14-12-19(13-15-31)32(2)24-29-22(26-17-8-6-4-5-7-9-17)28-23(30-24)27-18-10-11-21(33-3)20(25)16-18;/h2*10-11,16-17,19H,4-9,12-15H2,1-3H3,(H2,26,27,28,29,30);1H. The molecule has 4 heterocycles. The summed E-state index contributed by atoms with van der Waals surface area (Å²) in [5.74, 6) is 4.94. The van der Waals surface area contributed by atoms with E-state index in [9.17, 15) is 0 Å². The topological polar surface area (TPSA) is 157 Å². The van der Waals surface area contributed by atoms with E-state index in [2.05, 4.69) is 69.1 Å². The molecule has 2 aromatic heterocycles. The number of hydrogen-bond acceptors (Lipinski definition) is 16. The molecule has 2 aliphatic heterocycles. The molecule has 0 spiro atoms. The lowest BCUT2D eigenvalue weighted by Crippen LogP contribution is -2.42. The van der Waals surface area contributed by atoms with Crippen LogP contribution in [0.25, 0.3) is 0 Å². The first-order chi connectivity index (χ1) is 32.0. The highest BCUT2D eigenvalue weighted by Crippen LogP contribution is 2.32. The van der Waals surface area contributed by atoms with E-state index < -0.39 is 0 Å². The van der Waals surface area contributed by atoms with Gasteiger partial charge in [-0.3, -0.25) is 0 Å². The Labute approximate surface area is 414 Å². The van der Waals surface area contributed by atoms with Gasteiger partial charge in [0.1, 0.15) is 11.5 Å². The second-order valence-electron chi connectivity index (χ2n) is 18.5. The van der Waals surface area contributed by atoms with Gasteiger partial charge < -0.3 is 50.3 Å². The van der Waals surface area contributed by atoms with Crippen molar-refractivity contribution in [2.24, 2.45) is 0 Å². The Morgan fingerprint density at radius 1 is 0.507 bits per heavy atom. The minimum Gasteiger partial charge on any atom is -0.495 e. The number of hydrogen-bond donors (Lipinski definition) is 4. The molecule has 4 N–H and O–H groups in total. The molecule has 4 aromatic rings. The van der Waals surface area contributed by atoms with E-state index in [1.807, 2.05) is 36.4 Å². The number of benzene rings is 2. The molecule has 0 radical (unpaired) electrons. The van der Waals surface area contributed by atoms with Crippen LogP contribution in [0.3, 0.4) is 0 Å². The van der Waals surface area contributed by atoms with E-state index in [-0.39, 0.29) is 12.4 Å². The monoisotopic (exact) mass is 983 g/mol. The number of aromatic nitrogens is 6. The number of ether oxygens (including phenoxy) is 2. The third kappa shape index (κ3) is 15.3. The van der Waals surface area contributed by atoms with E-state index in [1.165, 1.54) is 51.4 Å². The van der Waals surface area contributed by atoms with Gasteiger partial charge in [-0.1, -0.05) is 74.6 Å². The number of nitrogens with one attached hydrogen (secondary N) is 4. The number of piperidine rings is 2. The summed E-state index contributed by atoms with van der Waals surface area (Å²) in [6.07, 6.45) is 19.3. The van der Waals surface area contributed by atoms with Crippen LogP contribution in [-0.2, 0) is 0 Å². The van der Waals surface area contributed by atoms with Crippen molar-refractivity contribution < 1.29 is 9.47 Å². The quantitative estimate of drug-likeness (QED) is 0.0884. The fourth-order valence-electron chi connectivity index (χ4n) is 9.34. The second-order valence-corrected chi connectivity index (χ2v) is 19.3. The Morgan fingerprint density at radius 3 is 1.18 bits per heavy atom. The van der Waals surface area contributed by atoms with Crippen molar-refractivity contribution in [1.82, 2.24) is 39.7 Å². The smallest absolute Gasteiger partial charge is 0.233 e. The molecule has 16 nitrogen and oxygen atoms in total. The van der Waals surface area contributed by atoms with E-state index in [1.54, 1.807) is 14.2 Å². The van der Waals surface area contributed by atoms with Gasteiger partial charge in [-0.05, 0) is 128 Å². The first-order valence-corrected chi connectivity index (χ1v) is 24.9. The lowest BCUT2D eigenvalue weighted by Gasteiger charge is -2.35. The van der Waals surface area contributed by atoms with Crippen LogP contribution in [0, 0.1) is 0 Å². The average Bonchev–Trinajstić information content (AvgIpc) is 3.74. The SMILES string of the molecule is COc1ccc(Nc2nc(NC3CCCCCC3)nc(N(C)C3CCN(C)CC3)n2)cc1Cl.COc1ccc(Nc2nc(NC3CCCCCC3)nc(N(C)C3CCN(C)CC3)n2)cc1Cl.Cl. The molecule has 67 heavy (non-hydrogen) atoms. The molecule has 0 atom stereocenters. The summed E-state index contributed by atoms with van der Waals surface area (Å²) in [6.45, 7) is 4.34. The summed E-state index contributed by atoms with van der Waals surface area (Å²) in [7, 11) is 11.8. The molecule has 4 aliphatic rings. The normalized spacial score (nSPS) is 18.3. The summed E-state index contributed by atoms with van der Waals surface area (Å²) in [6, 6.07) is 12.8. The fourth-order valence-corrected chi connectivity index (χ4v) is 9.85. The van der Waals surface area contributed by atoms with Crippen molar-refractivity contribution in [3.63, 3.8) is 0 Å². The highest BCUT2D eigenvalue weighted by molar-refractivity contribution is 6.32. The maximum Gasteiger partial charge on any atom is 0.233 e. The molecular weight excluding hydrogens is 911 g/mol. The van der Waals surface area contributed by atoms with E-state index in [4.69, 9.17) is 62.6 Å². The summed E-state index contributed by atoms with van der Waals surface area (Å²) in [4.78, 5) is 37.8. The molecule has 2 saturated carbocycles. The molecule has 368 valence electrons. The Morgan fingerprint density at radius 2 is 0.851 bits per heavy atom. The fraction of sp³-hybridized carbons (Fsp3) is 0.625. The second kappa shape index (κ2) is 25.9. The first kappa shape index (κ1) is 52.0. The number of nitrogens with zero attached hydrogens (tertiary/aromatic N) is 10. The Balaban J connectivity index is 0.000000218. The first-order valence-electron chi connectivity index (χ1n) is 24.1. The summed E-state index contributed by atoms with van der Waals surface area (Å²) in [5, 5.41) is 14.9. The van der Waals surface area contributed by atoms with Crippen molar-refractivity contribution in [3.05, 3.63) is 46.4 Å². The van der Waals surface area contributed by atoms with E-state index in [0.717, 1.165) is 88.9 Å². The van der Waals surface area contributed by atoms with Gasteiger partial charge in [-0.15, -0.1) is 12.4 Å². The van der Waals surface area contributed by atoms with Gasteiger partial charge in [0.25, 0.3) is 0 Å². The lowest BCUT2D eigenvalue weighted by atomic mass is 10.0. The Kier molecular flexibility index (Phi) is 20.1. The predicted molar refractivity (Wildman–Crippen MR) is 278 cm³/mol. The van der Waals surface area contributed by atoms with E-state index >= 15 is 0 Å². The Bertz CT molecular complexity index is 1980. The van der Waals surface area contributed by atoms with Crippen LogP contribution in [0.5, 0.6) is 11.5 Å². The van der Waals surface area contributed by atoms with Crippen molar-refractivity contribution in [2.45, 2.75) is 127 Å². The number of anilines is 8. The zero-order chi connectivity index (χ0) is 46.4. The summed E-state index contributed by atoms with van der Waals surface area (Å²) < 4.78 is 10.5. The van der Waals surface area contributed by atoms with Gasteiger partial charge in [-0.2, -0.15) is 29.9 Å². The van der Waals surface area contributed by atoms with Crippen LogP contribution in [0.15, 0.2) is 36.4 Å². The molecule has 8 rings (SSSR count). The summed E-state index contributed by atoms with van der Waals surface area (Å²) >= 11 is 12.6. The molecular formula is C48H73Cl3N14O2. The number of rotatable bonds is 14. The van der Waals surface area contributed by atoms with Crippen molar-refractivity contribution >= 4 is 82.7 Å². The van der Waals surface area contributed by atoms with Gasteiger partial charge in [-0.25, -0.2) is 0 Å². The molecule has 0 amide bonds. The molecule has 4 fully saturated rings. The lowest BCUT2D eigenvalue weighted by molar-refractivity contribution is 0.252. The van der Waals surface area contributed by atoms with Crippen LogP contribution in [0.1, 0.15) is 103 Å². The van der Waals surface area contributed by atoms with Gasteiger partial charge in [0.2, 0.25) is 35.7 Å². The minimum absolute atomic E-state index is 0. The van der Waals surface area contributed by atoms with Crippen LogP contribution < -0.4 is 40.5 Å². The zero-order valence-electron chi connectivity index (χ0n) is 40.4. The molecule has 2 aliphatic carbocycles. The maximum atomic E-state index is 6.32. The number of halogens is 3. The van der Waals surface area contributed by atoms with Gasteiger partial charge in [0.05, 0.1) is 24.3 Å². The van der Waals surface area contributed by atoms with Crippen LogP contribution in [0.4, 0.5) is 47.1 Å². The van der Waals surface area contributed by atoms with Gasteiger partial charge >= 0.3 is 0 Å². The number of methoxy groups -OCH3 is 2. The highest BCUT2D eigenvalue weighted by Gasteiger charge is 2.26. The van der Waals surface area contributed by atoms with Crippen LogP contribution >= 0.6 is 35.6 Å². The maximum absolute atomic E-state index is 6.32. The summed E-state index contributed by atoms with van der Waals surface area (Å²) in [5.41, 5.74) is 1.61. The van der Waals surface area contributed by atoms with Crippen LogP contribution in [0.2, 0.25) is 10.0 Å². The molecule has 0 bridgehead atoms. The largest absolute Gasteiger partial charge is 0.495 e. The third-order valence-corrected chi connectivity index (χ3v) is 14.1. The zero-order valence-corrected chi connectivity index (χ0v) is 42.7. The molecule has 2 aromatic carbocycles. The molecule has 0 unspecified atom stereocenters. The minimum atomic E-state index is 0. The van der Waals surface area contributed by atoms with Crippen LogP contribution in [-0.4, -0.2) is 132 Å². The van der Waals surface area contributed by atoms with Gasteiger partial charge in [0.15, 0.2) is 0 Å². The predicted octanol–water partition coefficient (Wildman–Crippen LogP) is 10.3. The third-order valence-electron chi connectivity index (χ3n) is 13.5. The number of likely N-dealkylation sites (tertiary alicyclic amines) is 2. The molecule has 2 saturated heterocycles. The van der Waals surface area contributed by atoms with Gasteiger partial charge in [0, 0.05) is 49.6 Å². The average molecular weight is 985 g/mol.